The van der Waals surface area contributed by atoms with Crippen molar-refractivity contribution in [3.63, 3.8) is 0 Å². The molecule has 2 aromatic heterocycles. The number of anilines is 1. The first kappa shape index (κ1) is 16.2. The molecule has 0 unspecified atom stereocenters. The van der Waals surface area contributed by atoms with Gasteiger partial charge in [-0.1, -0.05) is 0 Å². The Kier molecular flexibility index (Phi) is 4.37. The zero-order chi connectivity index (χ0) is 17.2. The minimum atomic E-state index is -0.470. The fourth-order valence-electron chi connectivity index (χ4n) is 2.46. The van der Waals surface area contributed by atoms with Crippen LogP contribution in [0.5, 0.6) is 0 Å². The lowest BCUT2D eigenvalue weighted by Crippen LogP contribution is -2.50. The van der Waals surface area contributed by atoms with Gasteiger partial charge in [0.2, 0.25) is 0 Å². The molecule has 128 valence electrons. The van der Waals surface area contributed by atoms with E-state index in [9.17, 15) is 4.79 Å². The SMILES string of the molecule is CC(C)(C)OC(=O)N1CCN(c2ccc(-n3cccn3)nn2)CC1. The monoisotopic (exact) mass is 330 g/mol. The van der Waals surface area contributed by atoms with Crippen LogP contribution in [0.15, 0.2) is 30.6 Å². The molecule has 1 fully saturated rings. The second-order valence-corrected chi connectivity index (χ2v) is 6.65. The Balaban J connectivity index is 1.58. The van der Waals surface area contributed by atoms with Gasteiger partial charge in [0.25, 0.3) is 0 Å². The predicted molar refractivity (Wildman–Crippen MR) is 89.2 cm³/mol. The highest BCUT2D eigenvalue weighted by atomic mass is 16.6. The van der Waals surface area contributed by atoms with Crippen LogP contribution in [-0.4, -0.2) is 62.8 Å². The molecular formula is C16H22N6O2. The van der Waals surface area contributed by atoms with Crippen molar-refractivity contribution in [3.05, 3.63) is 30.6 Å². The lowest BCUT2D eigenvalue weighted by atomic mass is 10.2. The molecule has 1 saturated heterocycles. The number of hydrogen-bond acceptors (Lipinski definition) is 6. The molecule has 1 aliphatic heterocycles. The van der Waals surface area contributed by atoms with Gasteiger partial charge in [-0.15, -0.1) is 10.2 Å². The summed E-state index contributed by atoms with van der Waals surface area (Å²) in [6.45, 7) is 8.24. The van der Waals surface area contributed by atoms with E-state index >= 15 is 0 Å². The Labute approximate surface area is 141 Å². The lowest BCUT2D eigenvalue weighted by Gasteiger charge is -2.35. The highest BCUT2D eigenvalue weighted by Gasteiger charge is 2.26. The van der Waals surface area contributed by atoms with Crippen LogP contribution in [0, 0.1) is 0 Å². The molecule has 0 saturated carbocycles. The Morgan fingerprint density at radius 1 is 1.08 bits per heavy atom. The average Bonchev–Trinajstić information content (AvgIpc) is 3.08. The van der Waals surface area contributed by atoms with E-state index in [4.69, 9.17) is 4.74 Å². The second kappa shape index (κ2) is 6.46. The van der Waals surface area contributed by atoms with E-state index in [2.05, 4.69) is 20.2 Å². The number of piperazine rings is 1. The largest absolute Gasteiger partial charge is 0.444 e. The van der Waals surface area contributed by atoms with Crippen molar-refractivity contribution < 1.29 is 9.53 Å². The number of carbonyl (C=O) groups is 1. The van der Waals surface area contributed by atoms with Crippen LogP contribution >= 0.6 is 0 Å². The molecule has 3 heterocycles. The standard InChI is InChI=1S/C16H22N6O2/c1-16(2,3)24-15(23)21-11-9-20(10-12-21)13-5-6-14(19-18-13)22-8-4-7-17-22/h4-8H,9-12H2,1-3H3. The fourth-order valence-corrected chi connectivity index (χ4v) is 2.46. The first-order valence-corrected chi connectivity index (χ1v) is 7.99. The third kappa shape index (κ3) is 3.81. The molecule has 0 spiro atoms. The first-order valence-electron chi connectivity index (χ1n) is 7.99. The number of hydrogen-bond donors (Lipinski definition) is 0. The van der Waals surface area contributed by atoms with Gasteiger partial charge in [-0.2, -0.15) is 5.10 Å². The molecule has 0 bridgehead atoms. The molecule has 1 aliphatic rings. The Morgan fingerprint density at radius 3 is 2.29 bits per heavy atom. The topological polar surface area (TPSA) is 76.4 Å². The third-order valence-electron chi connectivity index (χ3n) is 3.63. The van der Waals surface area contributed by atoms with Gasteiger partial charge in [0, 0.05) is 38.6 Å². The van der Waals surface area contributed by atoms with E-state index in [0.717, 1.165) is 5.82 Å². The zero-order valence-electron chi connectivity index (χ0n) is 14.2. The molecule has 2 aromatic rings. The fraction of sp³-hybridized carbons (Fsp3) is 0.500. The van der Waals surface area contributed by atoms with Crippen LogP contribution < -0.4 is 4.90 Å². The molecule has 1 amide bonds. The molecule has 0 atom stereocenters. The Bertz CT molecular complexity index is 670. The molecule has 8 nitrogen and oxygen atoms in total. The van der Waals surface area contributed by atoms with Gasteiger partial charge < -0.3 is 14.5 Å². The normalized spacial score (nSPS) is 15.5. The number of rotatable bonds is 2. The Hall–Kier alpha value is -2.64. The van der Waals surface area contributed by atoms with Crippen molar-refractivity contribution in [2.24, 2.45) is 0 Å². The van der Waals surface area contributed by atoms with Gasteiger partial charge in [-0.25, -0.2) is 9.48 Å². The lowest BCUT2D eigenvalue weighted by molar-refractivity contribution is 0.0240. The van der Waals surface area contributed by atoms with Gasteiger partial charge in [-0.05, 0) is 39.0 Å². The molecule has 0 N–H and O–H groups in total. The van der Waals surface area contributed by atoms with Gasteiger partial charge >= 0.3 is 6.09 Å². The summed E-state index contributed by atoms with van der Waals surface area (Å²) in [7, 11) is 0. The quantitative estimate of drug-likeness (QED) is 0.834. The maximum Gasteiger partial charge on any atom is 0.410 e. The van der Waals surface area contributed by atoms with Crippen LogP contribution in [0.1, 0.15) is 20.8 Å². The molecule has 0 aromatic carbocycles. The van der Waals surface area contributed by atoms with E-state index in [1.807, 2.05) is 45.2 Å². The van der Waals surface area contributed by atoms with Gasteiger partial charge in [-0.3, -0.25) is 0 Å². The van der Waals surface area contributed by atoms with Crippen molar-refractivity contribution in [1.29, 1.82) is 0 Å². The maximum absolute atomic E-state index is 12.1. The predicted octanol–water partition coefficient (Wildman–Crippen LogP) is 1.72. The average molecular weight is 330 g/mol. The molecule has 24 heavy (non-hydrogen) atoms. The van der Waals surface area contributed by atoms with Crippen molar-refractivity contribution in [3.8, 4) is 5.82 Å². The summed E-state index contributed by atoms with van der Waals surface area (Å²) in [6, 6.07) is 5.65. The van der Waals surface area contributed by atoms with Crippen LogP contribution in [0.4, 0.5) is 10.6 Å². The van der Waals surface area contributed by atoms with Gasteiger partial charge in [0.15, 0.2) is 11.6 Å². The Morgan fingerprint density at radius 2 is 1.75 bits per heavy atom. The molecule has 3 rings (SSSR count). The van der Waals surface area contributed by atoms with Crippen LogP contribution in [0.2, 0.25) is 0 Å². The minimum absolute atomic E-state index is 0.262. The van der Waals surface area contributed by atoms with E-state index in [1.54, 1.807) is 15.8 Å². The summed E-state index contributed by atoms with van der Waals surface area (Å²) >= 11 is 0. The summed E-state index contributed by atoms with van der Waals surface area (Å²) in [4.78, 5) is 15.9. The van der Waals surface area contributed by atoms with Gasteiger partial charge in [0.05, 0.1) is 0 Å². The van der Waals surface area contributed by atoms with E-state index < -0.39 is 5.60 Å². The zero-order valence-corrected chi connectivity index (χ0v) is 14.2. The van der Waals surface area contributed by atoms with Crippen molar-refractivity contribution in [2.45, 2.75) is 26.4 Å². The van der Waals surface area contributed by atoms with Gasteiger partial charge in [0.1, 0.15) is 5.60 Å². The maximum atomic E-state index is 12.1. The highest BCUT2D eigenvalue weighted by molar-refractivity contribution is 5.68. The van der Waals surface area contributed by atoms with Crippen molar-refractivity contribution in [2.75, 3.05) is 31.1 Å². The van der Waals surface area contributed by atoms with Crippen molar-refractivity contribution >= 4 is 11.9 Å². The van der Waals surface area contributed by atoms with Crippen LogP contribution in [0.3, 0.4) is 0 Å². The number of aromatic nitrogens is 4. The number of amides is 1. The second-order valence-electron chi connectivity index (χ2n) is 6.65. The van der Waals surface area contributed by atoms with Crippen LogP contribution in [-0.2, 0) is 4.74 Å². The summed E-state index contributed by atoms with van der Waals surface area (Å²) in [5.74, 6) is 1.48. The highest BCUT2D eigenvalue weighted by Crippen LogP contribution is 2.16. The summed E-state index contributed by atoms with van der Waals surface area (Å²) < 4.78 is 7.07. The summed E-state index contributed by atoms with van der Waals surface area (Å²) in [5, 5.41) is 12.6. The number of ether oxygens (including phenoxy) is 1. The molecule has 0 aliphatic carbocycles. The van der Waals surface area contributed by atoms with E-state index in [-0.39, 0.29) is 6.09 Å². The molecular weight excluding hydrogens is 308 g/mol. The summed E-state index contributed by atoms with van der Waals surface area (Å²) in [5.41, 5.74) is -0.470. The summed E-state index contributed by atoms with van der Waals surface area (Å²) in [6.07, 6.45) is 3.26. The minimum Gasteiger partial charge on any atom is -0.444 e. The van der Waals surface area contributed by atoms with Crippen LogP contribution in [0.25, 0.3) is 5.82 Å². The van der Waals surface area contributed by atoms with E-state index in [1.165, 1.54) is 0 Å². The van der Waals surface area contributed by atoms with Crippen molar-refractivity contribution in [1.82, 2.24) is 24.9 Å². The third-order valence-corrected chi connectivity index (χ3v) is 3.63. The number of nitrogens with zero attached hydrogens (tertiary/aromatic N) is 6. The first-order chi connectivity index (χ1) is 11.4. The molecule has 8 heteroatoms. The molecule has 0 radical (unpaired) electrons. The van der Waals surface area contributed by atoms with E-state index in [0.29, 0.717) is 32.0 Å². The smallest absolute Gasteiger partial charge is 0.410 e. The number of carbonyl (C=O) groups excluding carboxylic acids is 1.